The van der Waals surface area contributed by atoms with Gasteiger partial charge in [0.2, 0.25) is 0 Å². The van der Waals surface area contributed by atoms with E-state index < -0.39 is 0 Å². The van der Waals surface area contributed by atoms with Gasteiger partial charge in [0.1, 0.15) is 0 Å². The van der Waals surface area contributed by atoms with Gasteiger partial charge in [-0.1, -0.05) is 26.2 Å². The van der Waals surface area contributed by atoms with Gasteiger partial charge >= 0.3 is 0 Å². The van der Waals surface area contributed by atoms with Crippen LogP contribution in [0.4, 0.5) is 0 Å². The zero-order valence-corrected chi connectivity index (χ0v) is 8.97. The zero-order valence-electron chi connectivity index (χ0n) is 8.97. The van der Waals surface area contributed by atoms with Crippen molar-refractivity contribution in [2.24, 2.45) is 5.73 Å². The molecule has 1 rings (SSSR count). The first-order valence-corrected chi connectivity index (χ1v) is 5.81. The van der Waals surface area contributed by atoms with Crippen molar-refractivity contribution in [2.45, 2.75) is 51.5 Å². The van der Waals surface area contributed by atoms with Crippen LogP contribution in [-0.4, -0.2) is 30.6 Å². The summed E-state index contributed by atoms with van der Waals surface area (Å²) in [5.41, 5.74) is 5.91. The van der Waals surface area contributed by atoms with E-state index in [-0.39, 0.29) is 0 Å². The first kappa shape index (κ1) is 11.0. The monoisotopic (exact) mass is 184 g/mol. The van der Waals surface area contributed by atoms with E-state index >= 15 is 0 Å². The summed E-state index contributed by atoms with van der Waals surface area (Å²) in [6, 6.07) is 0.444. The second kappa shape index (κ2) is 6.39. The van der Waals surface area contributed by atoms with Crippen LogP contribution in [0, 0.1) is 0 Å². The van der Waals surface area contributed by atoms with Gasteiger partial charge in [0, 0.05) is 12.6 Å². The lowest BCUT2D eigenvalue weighted by molar-refractivity contribution is 0.205. The molecule has 1 atom stereocenters. The fraction of sp³-hybridized carbons (Fsp3) is 1.00. The summed E-state index contributed by atoms with van der Waals surface area (Å²) in [6.07, 6.45) is 8.00. The lowest BCUT2D eigenvalue weighted by atomic mass is 10.1. The molecule has 13 heavy (non-hydrogen) atoms. The van der Waals surface area contributed by atoms with Crippen molar-refractivity contribution in [1.82, 2.24) is 4.90 Å². The van der Waals surface area contributed by atoms with E-state index in [1.165, 1.54) is 51.6 Å². The highest BCUT2D eigenvalue weighted by atomic mass is 15.1. The van der Waals surface area contributed by atoms with Crippen molar-refractivity contribution in [3.63, 3.8) is 0 Å². The van der Waals surface area contributed by atoms with Crippen LogP contribution in [0.2, 0.25) is 0 Å². The number of piperidine rings is 1. The third-order valence-corrected chi connectivity index (χ3v) is 2.87. The molecule has 78 valence electrons. The summed E-state index contributed by atoms with van der Waals surface area (Å²) in [6.45, 7) is 5.94. The predicted molar refractivity (Wildman–Crippen MR) is 57.8 cm³/mol. The number of hydrogen-bond acceptors (Lipinski definition) is 2. The Morgan fingerprint density at radius 3 is 2.85 bits per heavy atom. The SMILES string of the molecule is CCCCCCN1CCC[C@H](N)C1. The predicted octanol–water partition coefficient (Wildman–Crippen LogP) is 1.99. The second-order valence-corrected chi connectivity index (χ2v) is 4.26. The Balaban J connectivity index is 2.00. The van der Waals surface area contributed by atoms with Crippen molar-refractivity contribution in [2.75, 3.05) is 19.6 Å². The molecule has 0 saturated carbocycles. The van der Waals surface area contributed by atoms with Crippen molar-refractivity contribution < 1.29 is 0 Å². The number of hydrogen-bond donors (Lipinski definition) is 1. The van der Waals surface area contributed by atoms with Crippen LogP contribution in [0.25, 0.3) is 0 Å². The van der Waals surface area contributed by atoms with E-state index in [1.807, 2.05) is 0 Å². The first-order chi connectivity index (χ1) is 6.33. The van der Waals surface area contributed by atoms with Gasteiger partial charge in [0.05, 0.1) is 0 Å². The normalized spacial score (nSPS) is 24.9. The maximum Gasteiger partial charge on any atom is 0.0168 e. The smallest absolute Gasteiger partial charge is 0.0168 e. The summed E-state index contributed by atoms with van der Waals surface area (Å²) < 4.78 is 0. The number of likely N-dealkylation sites (tertiary alicyclic amines) is 1. The molecule has 2 nitrogen and oxygen atoms in total. The maximum atomic E-state index is 5.91. The van der Waals surface area contributed by atoms with Gasteiger partial charge in [-0.3, -0.25) is 0 Å². The Bertz CT molecular complexity index is 125. The molecule has 2 N–H and O–H groups in total. The molecule has 1 fully saturated rings. The Morgan fingerprint density at radius 1 is 1.31 bits per heavy atom. The van der Waals surface area contributed by atoms with Crippen molar-refractivity contribution in [3.05, 3.63) is 0 Å². The third kappa shape index (κ3) is 4.63. The van der Waals surface area contributed by atoms with Crippen LogP contribution in [0.15, 0.2) is 0 Å². The Hall–Kier alpha value is -0.0800. The minimum Gasteiger partial charge on any atom is -0.327 e. The van der Waals surface area contributed by atoms with E-state index in [1.54, 1.807) is 0 Å². The van der Waals surface area contributed by atoms with Crippen LogP contribution in [0.3, 0.4) is 0 Å². The topological polar surface area (TPSA) is 29.3 Å². The largest absolute Gasteiger partial charge is 0.327 e. The molecule has 0 unspecified atom stereocenters. The fourth-order valence-corrected chi connectivity index (χ4v) is 2.06. The summed E-state index contributed by atoms with van der Waals surface area (Å²) in [4.78, 5) is 2.53. The van der Waals surface area contributed by atoms with Crippen LogP contribution >= 0.6 is 0 Å². The molecule has 0 aromatic carbocycles. The van der Waals surface area contributed by atoms with Crippen molar-refractivity contribution in [1.29, 1.82) is 0 Å². The van der Waals surface area contributed by atoms with E-state index in [0.717, 1.165) is 6.54 Å². The van der Waals surface area contributed by atoms with Gasteiger partial charge in [0.25, 0.3) is 0 Å². The summed E-state index contributed by atoms with van der Waals surface area (Å²) in [7, 11) is 0. The molecule has 1 aliphatic heterocycles. The van der Waals surface area contributed by atoms with E-state index in [0.29, 0.717) is 6.04 Å². The third-order valence-electron chi connectivity index (χ3n) is 2.87. The number of unbranched alkanes of at least 4 members (excludes halogenated alkanes) is 3. The molecule has 0 aliphatic carbocycles. The molecular formula is C11H24N2. The lowest BCUT2D eigenvalue weighted by Gasteiger charge is -2.30. The second-order valence-electron chi connectivity index (χ2n) is 4.26. The average molecular weight is 184 g/mol. The van der Waals surface area contributed by atoms with E-state index in [2.05, 4.69) is 11.8 Å². The van der Waals surface area contributed by atoms with Crippen LogP contribution in [-0.2, 0) is 0 Å². The molecule has 0 bridgehead atoms. The highest BCUT2D eigenvalue weighted by molar-refractivity contribution is 4.74. The van der Waals surface area contributed by atoms with Gasteiger partial charge < -0.3 is 10.6 Å². The standard InChI is InChI=1S/C11H24N2/c1-2-3-4-5-8-13-9-6-7-11(12)10-13/h11H,2-10,12H2,1H3/t11-/m0/s1. The summed E-state index contributed by atoms with van der Waals surface area (Å²) >= 11 is 0. The zero-order chi connectivity index (χ0) is 9.52. The Morgan fingerprint density at radius 2 is 2.15 bits per heavy atom. The van der Waals surface area contributed by atoms with E-state index in [4.69, 9.17) is 5.73 Å². The molecule has 0 spiro atoms. The van der Waals surface area contributed by atoms with Gasteiger partial charge in [0.15, 0.2) is 0 Å². The Labute approximate surface area is 82.5 Å². The molecule has 1 aliphatic rings. The number of nitrogens with zero attached hydrogens (tertiary/aromatic N) is 1. The molecule has 1 heterocycles. The summed E-state index contributed by atoms with van der Waals surface area (Å²) in [5, 5.41) is 0. The van der Waals surface area contributed by atoms with Gasteiger partial charge in [-0.2, -0.15) is 0 Å². The molecule has 0 radical (unpaired) electrons. The van der Waals surface area contributed by atoms with Gasteiger partial charge in [-0.15, -0.1) is 0 Å². The average Bonchev–Trinajstić information content (AvgIpc) is 2.13. The molecule has 2 heteroatoms. The summed E-state index contributed by atoms with van der Waals surface area (Å²) in [5.74, 6) is 0. The van der Waals surface area contributed by atoms with Crippen LogP contribution in [0.1, 0.15) is 45.4 Å². The molecular weight excluding hydrogens is 160 g/mol. The molecule has 0 aromatic heterocycles. The van der Waals surface area contributed by atoms with E-state index in [9.17, 15) is 0 Å². The minimum absolute atomic E-state index is 0.444. The number of nitrogens with two attached hydrogens (primary N) is 1. The lowest BCUT2D eigenvalue weighted by Crippen LogP contribution is -2.43. The molecule has 0 amide bonds. The van der Waals surface area contributed by atoms with Crippen molar-refractivity contribution in [3.8, 4) is 0 Å². The quantitative estimate of drug-likeness (QED) is 0.662. The fourth-order valence-electron chi connectivity index (χ4n) is 2.06. The molecule has 0 aromatic rings. The highest BCUT2D eigenvalue weighted by Crippen LogP contribution is 2.09. The number of rotatable bonds is 5. The first-order valence-electron chi connectivity index (χ1n) is 5.81. The van der Waals surface area contributed by atoms with Crippen molar-refractivity contribution >= 4 is 0 Å². The maximum absolute atomic E-state index is 5.91. The minimum atomic E-state index is 0.444. The highest BCUT2D eigenvalue weighted by Gasteiger charge is 2.15. The van der Waals surface area contributed by atoms with Crippen LogP contribution < -0.4 is 5.73 Å². The van der Waals surface area contributed by atoms with Gasteiger partial charge in [-0.25, -0.2) is 0 Å². The Kier molecular flexibility index (Phi) is 5.40. The van der Waals surface area contributed by atoms with Crippen LogP contribution in [0.5, 0.6) is 0 Å². The van der Waals surface area contributed by atoms with Gasteiger partial charge in [-0.05, 0) is 32.4 Å². The molecule has 1 saturated heterocycles.